The Morgan fingerprint density at radius 1 is 1.21 bits per heavy atom. The van der Waals surface area contributed by atoms with E-state index in [1.807, 2.05) is 31.2 Å². The van der Waals surface area contributed by atoms with Crippen LogP contribution in [0.5, 0.6) is 0 Å². The van der Waals surface area contributed by atoms with Gasteiger partial charge in [0.05, 0.1) is 5.69 Å². The zero-order valence-corrected chi connectivity index (χ0v) is 8.49. The largest absolute Gasteiger partial charge is 0.256 e. The van der Waals surface area contributed by atoms with Crippen LogP contribution in [0.15, 0.2) is 36.7 Å². The van der Waals surface area contributed by atoms with E-state index in [-0.39, 0.29) is 0 Å². The van der Waals surface area contributed by atoms with Gasteiger partial charge in [0, 0.05) is 18.0 Å². The topological polar surface area (TPSA) is 25.8 Å². The smallest absolute Gasteiger partial charge is 0.138 e. The van der Waals surface area contributed by atoms with Gasteiger partial charge in [-0.05, 0) is 30.7 Å². The fourth-order valence-electron chi connectivity index (χ4n) is 1.25. The summed E-state index contributed by atoms with van der Waals surface area (Å²) in [6.45, 7) is 1.98. The maximum absolute atomic E-state index is 5.98. The Bertz CT molecular complexity index is 440. The summed E-state index contributed by atoms with van der Waals surface area (Å²) in [5, 5.41) is 0.495. The van der Waals surface area contributed by atoms with E-state index < -0.39 is 0 Å². The number of aromatic nitrogens is 2. The molecule has 2 rings (SSSR count). The van der Waals surface area contributed by atoms with Crippen molar-refractivity contribution in [3.8, 4) is 11.3 Å². The van der Waals surface area contributed by atoms with E-state index in [9.17, 15) is 0 Å². The molecule has 0 aromatic carbocycles. The first-order valence-corrected chi connectivity index (χ1v) is 4.69. The van der Waals surface area contributed by atoms with Gasteiger partial charge in [-0.2, -0.15) is 0 Å². The molecule has 2 aromatic heterocycles. The minimum absolute atomic E-state index is 0.495. The number of nitrogens with zero attached hydrogens (tertiary/aromatic N) is 2. The number of halogens is 1. The Morgan fingerprint density at radius 2 is 2.07 bits per heavy atom. The first-order chi connectivity index (χ1) is 6.77. The third-order valence-electron chi connectivity index (χ3n) is 1.92. The van der Waals surface area contributed by atoms with Gasteiger partial charge in [-0.25, -0.2) is 4.98 Å². The molecule has 0 bridgehead atoms. The molecule has 2 heterocycles. The van der Waals surface area contributed by atoms with Crippen LogP contribution in [0.4, 0.5) is 0 Å². The quantitative estimate of drug-likeness (QED) is 0.667. The van der Waals surface area contributed by atoms with Crippen molar-refractivity contribution < 1.29 is 0 Å². The lowest BCUT2D eigenvalue weighted by Gasteiger charge is -2.03. The lowest BCUT2D eigenvalue weighted by atomic mass is 10.1. The zero-order chi connectivity index (χ0) is 9.97. The standard InChI is InChI=1S/C11H9ClN2/c1-8-6-9(11(12)14-7-8)10-4-2-3-5-13-10/h2-7H,1H3. The molecule has 0 aliphatic heterocycles. The van der Waals surface area contributed by atoms with Gasteiger partial charge in [0.25, 0.3) is 0 Å². The van der Waals surface area contributed by atoms with Gasteiger partial charge < -0.3 is 0 Å². The molecular weight excluding hydrogens is 196 g/mol. The van der Waals surface area contributed by atoms with Crippen molar-refractivity contribution in [1.29, 1.82) is 0 Å². The van der Waals surface area contributed by atoms with Gasteiger partial charge in [-0.15, -0.1) is 0 Å². The van der Waals surface area contributed by atoms with E-state index in [4.69, 9.17) is 11.6 Å². The molecule has 0 spiro atoms. The summed E-state index contributed by atoms with van der Waals surface area (Å²) in [4.78, 5) is 8.31. The van der Waals surface area contributed by atoms with Gasteiger partial charge >= 0.3 is 0 Å². The lowest BCUT2D eigenvalue weighted by molar-refractivity contribution is 1.24. The van der Waals surface area contributed by atoms with Gasteiger partial charge in [0.15, 0.2) is 0 Å². The third kappa shape index (κ3) is 1.75. The van der Waals surface area contributed by atoms with Crippen LogP contribution >= 0.6 is 11.6 Å². The van der Waals surface area contributed by atoms with Crippen LogP contribution in [0.3, 0.4) is 0 Å². The molecule has 0 unspecified atom stereocenters. The maximum Gasteiger partial charge on any atom is 0.138 e. The predicted octanol–water partition coefficient (Wildman–Crippen LogP) is 3.11. The van der Waals surface area contributed by atoms with Gasteiger partial charge in [0.1, 0.15) is 5.15 Å². The van der Waals surface area contributed by atoms with Crippen LogP contribution in [0.1, 0.15) is 5.56 Å². The maximum atomic E-state index is 5.98. The van der Waals surface area contributed by atoms with Crippen molar-refractivity contribution in [3.05, 3.63) is 47.4 Å². The number of rotatable bonds is 1. The number of aryl methyl sites for hydroxylation is 1. The highest BCUT2D eigenvalue weighted by atomic mass is 35.5. The first kappa shape index (κ1) is 9.16. The summed E-state index contributed by atoms with van der Waals surface area (Å²) in [6.07, 6.45) is 3.49. The molecule has 0 N–H and O–H groups in total. The normalized spacial score (nSPS) is 10.1. The summed E-state index contributed by atoms with van der Waals surface area (Å²) in [7, 11) is 0. The second-order valence-electron chi connectivity index (χ2n) is 3.07. The average Bonchev–Trinajstić information content (AvgIpc) is 2.23. The molecule has 0 saturated carbocycles. The molecule has 0 atom stereocenters. The van der Waals surface area contributed by atoms with Gasteiger partial charge in [-0.3, -0.25) is 4.98 Å². The molecule has 0 amide bonds. The van der Waals surface area contributed by atoms with Crippen molar-refractivity contribution >= 4 is 11.6 Å². The molecule has 0 fully saturated rings. The molecule has 0 aliphatic rings. The van der Waals surface area contributed by atoms with E-state index in [1.54, 1.807) is 12.4 Å². The van der Waals surface area contributed by atoms with Crippen molar-refractivity contribution in [2.24, 2.45) is 0 Å². The van der Waals surface area contributed by atoms with Crippen LogP contribution in [-0.2, 0) is 0 Å². The summed E-state index contributed by atoms with van der Waals surface area (Å²) >= 11 is 5.98. The van der Waals surface area contributed by atoms with Crippen LogP contribution in [0.2, 0.25) is 5.15 Å². The third-order valence-corrected chi connectivity index (χ3v) is 2.22. The van der Waals surface area contributed by atoms with Crippen molar-refractivity contribution in [2.45, 2.75) is 6.92 Å². The van der Waals surface area contributed by atoms with E-state index in [0.717, 1.165) is 16.8 Å². The molecule has 2 nitrogen and oxygen atoms in total. The van der Waals surface area contributed by atoms with E-state index in [0.29, 0.717) is 5.15 Å². The average molecular weight is 205 g/mol. The molecule has 3 heteroatoms. The number of hydrogen-bond donors (Lipinski definition) is 0. The fraction of sp³-hybridized carbons (Fsp3) is 0.0909. The number of pyridine rings is 2. The Balaban J connectivity index is 2.57. The summed E-state index contributed by atoms with van der Waals surface area (Å²) < 4.78 is 0. The molecule has 2 aromatic rings. The van der Waals surface area contributed by atoms with Gasteiger partial charge in [-0.1, -0.05) is 17.7 Å². The summed E-state index contributed by atoms with van der Waals surface area (Å²) in [6, 6.07) is 7.71. The lowest BCUT2D eigenvalue weighted by Crippen LogP contribution is -1.87. The second-order valence-corrected chi connectivity index (χ2v) is 3.42. The van der Waals surface area contributed by atoms with Crippen molar-refractivity contribution in [3.63, 3.8) is 0 Å². The Hall–Kier alpha value is -1.41. The van der Waals surface area contributed by atoms with Crippen molar-refractivity contribution in [2.75, 3.05) is 0 Å². The summed E-state index contributed by atoms with van der Waals surface area (Å²) in [5.74, 6) is 0. The Kier molecular flexibility index (Phi) is 2.46. The number of hydrogen-bond acceptors (Lipinski definition) is 2. The van der Waals surface area contributed by atoms with Gasteiger partial charge in [0.2, 0.25) is 0 Å². The van der Waals surface area contributed by atoms with Crippen LogP contribution in [-0.4, -0.2) is 9.97 Å². The van der Waals surface area contributed by atoms with E-state index in [1.165, 1.54) is 0 Å². The zero-order valence-electron chi connectivity index (χ0n) is 7.74. The SMILES string of the molecule is Cc1cnc(Cl)c(-c2ccccn2)c1. The minimum atomic E-state index is 0.495. The van der Waals surface area contributed by atoms with Crippen LogP contribution < -0.4 is 0 Å². The molecule has 14 heavy (non-hydrogen) atoms. The van der Waals surface area contributed by atoms with Crippen LogP contribution in [0, 0.1) is 6.92 Å². The fourth-order valence-corrected chi connectivity index (χ4v) is 1.45. The highest BCUT2D eigenvalue weighted by Gasteiger charge is 2.04. The molecule has 70 valence electrons. The molecule has 0 saturated heterocycles. The predicted molar refractivity (Wildman–Crippen MR) is 57.2 cm³/mol. The van der Waals surface area contributed by atoms with Crippen molar-refractivity contribution in [1.82, 2.24) is 9.97 Å². The molecule has 0 aliphatic carbocycles. The summed E-state index contributed by atoms with van der Waals surface area (Å²) in [5.41, 5.74) is 2.82. The van der Waals surface area contributed by atoms with E-state index >= 15 is 0 Å². The molecule has 0 radical (unpaired) electrons. The highest BCUT2D eigenvalue weighted by Crippen LogP contribution is 2.24. The molecular formula is C11H9ClN2. The Morgan fingerprint density at radius 3 is 2.79 bits per heavy atom. The minimum Gasteiger partial charge on any atom is -0.256 e. The second kappa shape index (κ2) is 3.76. The van der Waals surface area contributed by atoms with Crippen LogP contribution in [0.25, 0.3) is 11.3 Å². The first-order valence-electron chi connectivity index (χ1n) is 4.31. The monoisotopic (exact) mass is 204 g/mol. The van der Waals surface area contributed by atoms with E-state index in [2.05, 4.69) is 9.97 Å². The highest BCUT2D eigenvalue weighted by molar-refractivity contribution is 6.32. The Labute approximate surface area is 87.6 Å².